The van der Waals surface area contributed by atoms with E-state index in [2.05, 4.69) is 29.6 Å². The molecule has 0 bridgehead atoms. The van der Waals surface area contributed by atoms with Crippen molar-refractivity contribution in [3.05, 3.63) is 34.7 Å². The van der Waals surface area contributed by atoms with E-state index in [4.69, 9.17) is 10.5 Å². The predicted octanol–water partition coefficient (Wildman–Crippen LogP) is 4.06. The number of nitrogens with one attached hydrogen (secondary N) is 1. The summed E-state index contributed by atoms with van der Waals surface area (Å²) in [6, 6.07) is 7.66. The zero-order chi connectivity index (χ0) is 22.6. The molecule has 31 heavy (non-hydrogen) atoms. The minimum Gasteiger partial charge on any atom is -0.487 e. The smallest absolute Gasteiger partial charge is 0.231 e. The number of nitrogens with two attached hydrogens (primary N) is 1. The lowest BCUT2D eigenvalue weighted by Gasteiger charge is -2.36. The van der Waals surface area contributed by atoms with Crippen LogP contribution in [0.3, 0.4) is 0 Å². The standard InChI is InChI=1S/C12H21N3O.C11H14N2O2/c1-3-12(4-2)7-10(16)15(11(13)14-12)8-9-5-6-9;1-11(2)7-9(12-13-14)8-5-3-4-6-10(8)15-11/h9H,3-8H2,1-2H3,(H2,13,14);3-6,9H,7H2,1-2H3,(H,12,14)/t;9-/m.0/s1. The van der Waals surface area contributed by atoms with Crippen LogP contribution in [-0.4, -0.2) is 34.5 Å². The van der Waals surface area contributed by atoms with Crippen molar-refractivity contribution in [2.75, 3.05) is 6.54 Å². The van der Waals surface area contributed by atoms with E-state index < -0.39 is 0 Å². The molecule has 1 aliphatic carbocycles. The molecule has 0 radical (unpaired) electrons. The first-order valence-electron chi connectivity index (χ1n) is 11.2. The van der Waals surface area contributed by atoms with Crippen LogP contribution in [0.1, 0.15) is 77.8 Å². The molecule has 3 N–H and O–H groups in total. The second-order valence-corrected chi connectivity index (χ2v) is 9.40. The van der Waals surface area contributed by atoms with E-state index >= 15 is 0 Å². The minimum atomic E-state index is -0.267. The third-order valence-electron chi connectivity index (χ3n) is 6.45. The second kappa shape index (κ2) is 9.24. The molecule has 1 amide bonds. The minimum absolute atomic E-state index is 0.0533. The molecule has 3 aliphatic rings. The van der Waals surface area contributed by atoms with E-state index in [9.17, 15) is 9.70 Å². The summed E-state index contributed by atoms with van der Waals surface area (Å²) in [5, 5.41) is 2.77. The number of ether oxygens (including phenoxy) is 1. The topological polar surface area (TPSA) is 109 Å². The summed E-state index contributed by atoms with van der Waals surface area (Å²) in [7, 11) is 0. The van der Waals surface area contributed by atoms with Crippen molar-refractivity contribution in [3.63, 3.8) is 0 Å². The summed E-state index contributed by atoms with van der Waals surface area (Å²) >= 11 is 0. The highest BCUT2D eigenvalue weighted by Gasteiger charge is 2.39. The van der Waals surface area contributed by atoms with Crippen molar-refractivity contribution in [1.82, 2.24) is 10.3 Å². The number of nitroso groups, excluding NO2 is 1. The number of rotatable bonds is 6. The van der Waals surface area contributed by atoms with Crippen molar-refractivity contribution >= 4 is 11.9 Å². The summed E-state index contributed by atoms with van der Waals surface area (Å²) in [5.41, 5.74) is 9.01. The van der Waals surface area contributed by atoms with Crippen LogP contribution < -0.4 is 15.9 Å². The molecular formula is C23H35N5O3. The van der Waals surface area contributed by atoms with Gasteiger partial charge in [-0.3, -0.25) is 15.1 Å². The lowest BCUT2D eigenvalue weighted by molar-refractivity contribution is -0.129. The fourth-order valence-electron chi connectivity index (χ4n) is 4.24. The number of para-hydroxylation sites is 1. The van der Waals surface area contributed by atoms with Gasteiger partial charge < -0.3 is 10.5 Å². The normalized spacial score (nSPS) is 23.5. The molecule has 8 nitrogen and oxygen atoms in total. The van der Waals surface area contributed by atoms with Crippen LogP contribution in [0.15, 0.2) is 34.5 Å². The number of nitrogens with zero attached hydrogens (tertiary/aromatic N) is 3. The van der Waals surface area contributed by atoms with Gasteiger partial charge in [0, 0.05) is 18.5 Å². The average molecular weight is 430 g/mol. The zero-order valence-electron chi connectivity index (χ0n) is 19.1. The highest BCUT2D eigenvalue weighted by Crippen LogP contribution is 2.39. The van der Waals surface area contributed by atoms with Crippen molar-refractivity contribution in [2.24, 2.45) is 21.9 Å². The predicted molar refractivity (Wildman–Crippen MR) is 121 cm³/mol. The molecule has 1 aromatic carbocycles. The zero-order valence-corrected chi connectivity index (χ0v) is 19.1. The molecule has 1 fully saturated rings. The Labute approximate surface area is 184 Å². The second-order valence-electron chi connectivity index (χ2n) is 9.40. The maximum Gasteiger partial charge on any atom is 0.231 e. The maximum atomic E-state index is 12.1. The number of carbonyl (C=O) groups excluding carboxylic acids is 1. The summed E-state index contributed by atoms with van der Waals surface area (Å²) in [6.07, 6.45) is 5.47. The van der Waals surface area contributed by atoms with E-state index in [0.717, 1.165) is 37.1 Å². The van der Waals surface area contributed by atoms with Crippen molar-refractivity contribution in [1.29, 1.82) is 0 Å². The largest absolute Gasteiger partial charge is 0.487 e. The van der Waals surface area contributed by atoms with Crippen LogP contribution in [0.25, 0.3) is 0 Å². The Balaban J connectivity index is 0.000000176. The highest BCUT2D eigenvalue weighted by atomic mass is 16.5. The van der Waals surface area contributed by atoms with Crippen molar-refractivity contribution in [3.8, 4) is 5.75 Å². The summed E-state index contributed by atoms with van der Waals surface area (Å²) in [4.78, 5) is 28.6. The Morgan fingerprint density at radius 2 is 1.94 bits per heavy atom. The van der Waals surface area contributed by atoms with Crippen LogP contribution in [0.2, 0.25) is 0 Å². The number of carbonyl (C=O) groups is 1. The molecule has 1 atom stereocenters. The molecule has 170 valence electrons. The van der Waals surface area contributed by atoms with Gasteiger partial charge in [-0.1, -0.05) is 32.0 Å². The van der Waals surface area contributed by atoms with Crippen molar-refractivity contribution < 1.29 is 9.53 Å². The van der Waals surface area contributed by atoms with Gasteiger partial charge in [-0.15, -0.1) is 4.91 Å². The summed E-state index contributed by atoms with van der Waals surface area (Å²) in [5.74, 6) is 2.08. The Hall–Kier alpha value is -2.64. The van der Waals surface area contributed by atoms with E-state index in [1.54, 1.807) is 4.90 Å². The number of benzene rings is 1. The van der Waals surface area contributed by atoms with E-state index in [-0.39, 0.29) is 23.1 Å². The molecule has 0 unspecified atom stereocenters. The number of aliphatic imine (C=N–C) groups is 1. The Bertz CT molecular complexity index is 830. The molecule has 1 saturated carbocycles. The lowest BCUT2D eigenvalue weighted by atomic mass is 9.88. The Morgan fingerprint density at radius 3 is 2.52 bits per heavy atom. The molecule has 8 heteroatoms. The fraction of sp³-hybridized carbons (Fsp3) is 0.652. The first kappa shape index (κ1) is 23.0. The van der Waals surface area contributed by atoms with Crippen LogP contribution in [0.4, 0.5) is 0 Å². The van der Waals surface area contributed by atoms with Gasteiger partial charge in [0.1, 0.15) is 11.4 Å². The third kappa shape index (κ3) is 5.54. The Morgan fingerprint density at radius 1 is 1.26 bits per heavy atom. The van der Waals surface area contributed by atoms with E-state index in [1.165, 1.54) is 12.8 Å². The number of amides is 1. The van der Waals surface area contributed by atoms with Gasteiger partial charge in [0.05, 0.1) is 23.3 Å². The van der Waals surface area contributed by atoms with Gasteiger partial charge in [-0.25, -0.2) is 4.99 Å². The van der Waals surface area contributed by atoms with E-state index in [1.807, 2.05) is 38.1 Å². The SMILES string of the molecule is CC1(C)C[C@H](NN=O)c2ccccc2O1.CCC1(CC)CC(=O)N(CC2CC2)C(N)=N1. The first-order chi connectivity index (χ1) is 14.7. The maximum absolute atomic E-state index is 12.1. The summed E-state index contributed by atoms with van der Waals surface area (Å²) < 4.78 is 5.81. The fourth-order valence-corrected chi connectivity index (χ4v) is 4.24. The molecule has 2 aliphatic heterocycles. The first-order valence-corrected chi connectivity index (χ1v) is 11.2. The van der Waals surface area contributed by atoms with Gasteiger partial charge in [0.25, 0.3) is 0 Å². The van der Waals surface area contributed by atoms with Crippen LogP contribution in [0, 0.1) is 10.8 Å². The van der Waals surface area contributed by atoms with Gasteiger partial charge in [0.2, 0.25) is 5.91 Å². The van der Waals surface area contributed by atoms with Gasteiger partial charge >= 0.3 is 0 Å². The number of hydrogen-bond acceptors (Lipinski definition) is 6. The van der Waals surface area contributed by atoms with Crippen LogP contribution in [0.5, 0.6) is 5.75 Å². The van der Waals surface area contributed by atoms with Crippen LogP contribution >= 0.6 is 0 Å². The summed E-state index contributed by atoms with van der Waals surface area (Å²) in [6.45, 7) is 8.93. The number of hydrogen-bond donors (Lipinski definition) is 2. The molecular weight excluding hydrogens is 394 g/mol. The van der Waals surface area contributed by atoms with Gasteiger partial charge in [-0.2, -0.15) is 0 Å². The molecule has 0 spiro atoms. The van der Waals surface area contributed by atoms with E-state index in [0.29, 0.717) is 18.3 Å². The molecule has 1 aromatic rings. The van der Waals surface area contributed by atoms with Crippen molar-refractivity contribution in [2.45, 2.75) is 83.4 Å². The molecule has 2 heterocycles. The number of fused-ring (bicyclic) bond motifs is 1. The van der Waals surface area contributed by atoms with Gasteiger partial charge in [-0.05, 0) is 51.5 Å². The quantitative estimate of drug-likeness (QED) is 0.523. The van der Waals surface area contributed by atoms with Crippen LogP contribution in [-0.2, 0) is 4.79 Å². The van der Waals surface area contributed by atoms with Gasteiger partial charge in [0.15, 0.2) is 5.96 Å². The Kier molecular flexibility index (Phi) is 6.86. The molecule has 4 rings (SSSR count). The monoisotopic (exact) mass is 429 g/mol. The number of guanidine groups is 1. The highest BCUT2D eigenvalue weighted by molar-refractivity contribution is 5.99. The molecule has 0 saturated heterocycles. The average Bonchev–Trinajstić information content (AvgIpc) is 3.55. The molecule has 0 aromatic heterocycles. The third-order valence-corrected chi connectivity index (χ3v) is 6.45. The lowest BCUT2D eigenvalue weighted by Crippen LogP contribution is -2.51.